The number of nitrogens with two attached hydrogens (primary N) is 1. The molecule has 1 heterocycles. The fourth-order valence-electron chi connectivity index (χ4n) is 1.59. The van der Waals surface area contributed by atoms with Gasteiger partial charge in [-0.1, -0.05) is 11.6 Å². The number of Topliss-reactive ketones (excluding diaryl/α,β-unsaturated/α-hetero) is 1. The Balaban J connectivity index is 2.28. The number of benzene rings is 1. The summed E-state index contributed by atoms with van der Waals surface area (Å²) in [5, 5.41) is 0.404. The highest BCUT2D eigenvalue weighted by molar-refractivity contribution is 6.31. The highest BCUT2D eigenvalue weighted by Gasteiger charge is 2.13. The van der Waals surface area contributed by atoms with Crippen molar-refractivity contribution in [1.82, 2.24) is 4.98 Å². The molecule has 0 amide bonds. The molecule has 0 saturated carbocycles. The summed E-state index contributed by atoms with van der Waals surface area (Å²) in [6.07, 6.45) is 3.07. The van der Waals surface area contributed by atoms with Gasteiger partial charge in [0.2, 0.25) is 0 Å². The first-order valence-corrected chi connectivity index (χ1v) is 5.62. The van der Waals surface area contributed by atoms with Crippen molar-refractivity contribution >= 4 is 23.1 Å². The number of rotatable bonds is 3. The smallest absolute Gasteiger partial charge is 0.169 e. The van der Waals surface area contributed by atoms with E-state index in [4.69, 9.17) is 17.3 Å². The second-order valence-corrected chi connectivity index (χ2v) is 4.21. The van der Waals surface area contributed by atoms with Crippen LogP contribution < -0.4 is 5.73 Å². The summed E-state index contributed by atoms with van der Waals surface area (Å²) in [5.74, 6) is -0.770. The van der Waals surface area contributed by atoms with Crippen molar-refractivity contribution in [2.75, 3.05) is 5.73 Å². The van der Waals surface area contributed by atoms with E-state index in [1.807, 2.05) is 0 Å². The first kappa shape index (κ1) is 12.5. The minimum atomic E-state index is -0.492. The molecule has 1 aromatic heterocycles. The Hall–Kier alpha value is -1.94. The number of ketones is 1. The fourth-order valence-corrected chi connectivity index (χ4v) is 1.77. The average molecular weight is 265 g/mol. The second kappa shape index (κ2) is 5.14. The Morgan fingerprint density at radius 1 is 1.39 bits per heavy atom. The van der Waals surface area contributed by atoms with E-state index in [2.05, 4.69) is 4.98 Å². The molecule has 1 aromatic carbocycles. The van der Waals surface area contributed by atoms with Crippen LogP contribution in [-0.4, -0.2) is 10.8 Å². The van der Waals surface area contributed by atoms with Crippen LogP contribution in [0, 0.1) is 5.82 Å². The Bertz CT molecular complexity index is 601. The number of pyridine rings is 1. The predicted octanol–water partition coefficient (Wildman–Crippen LogP) is 2.88. The molecule has 3 nitrogen and oxygen atoms in total. The quantitative estimate of drug-likeness (QED) is 0.685. The number of carbonyl (C=O) groups is 1. The zero-order valence-electron chi connectivity index (χ0n) is 9.36. The SMILES string of the molecule is Nc1ccc(F)cc1C(=O)Cc1ccncc1Cl. The van der Waals surface area contributed by atoms with Crippen LogP contribution in [0.5, 0.6) is 0 Å². The number of aromatic nitrogens is 1. The van der Waals surface area contributed by atoms with Crippen molar-refractivity contribution in [3.8, 4) is 0 Å². The van der Waals surface area contributed by atoms with Crippen molar-refractivity contribution in [2.24, 2.45) is 0 Å². The molecule has 0 aliphatic rings. The van der Waals surface area contributed by atoms with E-state index in [1.165, 1.54) is 18.3 Å². The summed E-state index contributed by atoms with van der Waals surface area (Å²) in [5.41, 5.74) is 6.71. The van der Waals surface area contributed by atoms with Crippen LogP contribution in [0.1, 0.15) is 15.9 Å². The van der Waals surface area contributed by atoms with E-state index < -0.39 is 5.82 Å². The monoisotopic (exact) mass is 264 g/mol. The van der Waals surface area contributed by atoms with E-state index in [0.29, 0.717) is 10.6 Å². The molecule has 18 heavy (non-hydrogen) atoms. The standard InChI is InChI=1S/C13H10ClFN2O/c14-11-7-17-4-3-8(11)5-13(18)10-6-9(15)1-2-12(10)16/h1-4,6-7H,5,16H2. The van der Waals surface area contributed by atoms with Gasteiger partial charge < -0.3 is 5.73 Å². The molecular weight excluding hydrogens is 255 g/mol. The number of carbonyl (C=O) groups excluding carboxylic acids is 1. The summed E-state index contributed by atoms with van der Waals surface area (Å²) in [6, 6.07) is 5.37. The Labute approximate surface area is 108 Å². The first-order chi connectivity index (χ1) is 8.58. The lowest BCUT2D eigenvalue weighted by molar-refractivity contribution is 0.0993. The van der Waals surface area contributed by atoms with Gasteiger partial charge in [-0.25, -0.2) is 4.39 Å². The topological polar surface area (TPSA) is 56.0 Å². The second-order valence-electron chi connectivity index (χ2n) is 3.80. The minimum Gasteiger partial charge on any atom is -0.398 e. The van der Waals surface area contributed by atoms with Gasteiger partial charge in [-0.15, -0.1) is 0 Å². The largest absolute Gasteiger partial charge is 0.398 e. The van der Waals surface area contributed by atoms with Crippen LogP contribution in [0.3, 0.4) is 0 Å². The van der Waals surface area contributed by atoms with Crippen LogP contribution in [-0.2, 0) is 6.42 Å². The number of anilines is 1. The van der Waals surface area contributed by atoms with Gasteiger partial charge in [0.1, 0.15) is 5.82 Å². The van der Waals surface area contributed by atoms with Gasteiger partial charge in [-0.05, 0) is 29.8 Å². The van der Waals surface area contributed by atoms with E-state index in [-0.39, 0.29) is 23.5 Å². The Morgan fingerprint density at radius 2 is 2.17 bits per heavy atom. The maximum absolute atomic E-state index is 13.1. The molecule has 2 aromatic rings. The Kier molecular flexibility index (Phi) is 3.58. The Morgan fingerprint density at radius 3 is 2.89 bits per heavy atom. The number of nitrogens with zero attached hydrogens (tertiary/aromatic N) is 1. The average Bonchev–Trinajstić information content (AvgIpc) is 2.35. The number of halogens is 2. The fraction of sp³-hybridized carbons (Fsp3) is 0.0769. The summed E-state index contributed by atoms with van der Waals surface area (Å²) in [4.78, 5) is 15.8. The normalized spacial score (nSPS) is 10.3. The lowest BCUT2D eigenvalue weighted by atomic mass is 10.0. The van der Waals surface area contributed by atoms with Gasteiger partial charge in [0.15, 0.2) is 5.78 Å². The van der Waals surface area contributed by atoms with Crippen LogP contribution in [0.2, 0.25) is 5.02 Å². The van der Waals surface area contributed by atoms with Crippen LogP contribution in [0.15, 0.2) is 36.7 Å². The van der Waals surface area contributed by atoms with Gasteiger partial charge in [0.25, 0.3) is 0 Å². The summed E-state index contributed by atoms with van der Waals surface area (Å²) in [7, 11) is 0. The van der Waals surface area contributed by atoms with Gasteiger partial charge >= 0.3 is 0 Å². The molecule has 0 saturated heterocycles. The molecular formula is C13H10ClFN2O. The van der Waals surface area contributed by atoms with Crippen molar-refractivity contribution in [3.63, 3.8) is 0 Å². The number of hydrogen-bond acceptors (Lipinski definition) is 3. The van der Waals surface area contributed by atoms with Gasteiger partial charge in [-0.3, -0.25) is 9.78 Å². The van der Waals surface area contributed by atoms with Crippen molar-refractivity contribution in [3.05, 3.63) is 58.6 Å². The third-order valence-corrected chi connectivity index (χ3v) is 2.86. The molecule has 92 valence electrons. The lowest BCUT2D eigenvalue weighted by Crippen LogP contribution is -2.08. The molecule has 0 aliphatic heterocycles. The molecule has 5 heteroatoms. The molecule has 2 rings (SSSR count). The van der Waals surface area contributed by atoms with Gasteiger partial charge in [0, 0.05) is 30.1 Å². The zero-order chi connectivity index (χ0) is 13.1. The molecule has 0 unspecified atom stereocenters. The molecule has 0 atom stereocenters. The van der Waals surface area contributed by atoms with Crippen molar-refractivity contribution in [1.29, 1.82) is 0 Å². The molecule has 2 N–H and O–H groups in total. The van der Waals surface area contributed by atoms with Gasteiger partial charge in [-0.2, -0.15) is 0 Å². The van der Waals surface area contributed by atoms with E-state index in [1.54, 1.807) is 12.3 Å². The van der Waals surface area contributed by atoms with Crippen LogP contribution >= 0.6 is 11.6 Å². The van der Waals surface area contributed by atoms with Crippen LogP contribution in [0.25, 0.3) is 0 Å². The van der Waals surface area contributed by atoms with Crippen molar-refractivity contribution < 1.29 is 9.18 Å². The minimum absolute atomic E-state index is 0.0645. The van der Waals surface area contributed by atoms with E-state index in [9.17, 15) is 9.18 Å². The van der Waals surface area contributed by atoms with E-state index >= 15 is 0 Å². The van der Waals surface area contributed by atoms with E-state index in [0.717, 1.165) is 6.07 Å². The summed E-state index contributed by atoms with van der Waals surface area (Å²) in [6.45, 7) is 0. The summed E-state index contributed by atoms with van der Waals surface area (Å²) >= 11 is 5.91. The van der Waals surface area contributed by atoms with Gasteiger partial charge in [0.05, 0.1) is 5.02 Å². The lowest BCUT2D eigenvalue weighted by Gasteiger charge is -2.06. The molecule has 0 bridgehead atoms. The maximum Gasteiger partial charge on any atom is 0.169 e. The highest BCUT2D eigenvalue weighted by Crippen LogP contribution is 2.19. The maximum atomic E-state index is 13.1. The molecule has 0 fully saturated rings. The van der Waals surface area contributed by atoms with Crippen LogP contribution in [0.4, 0.5) is 10.1 Å². The van der Waals surface area contributed by atoms with Crippen molar-refractivity contribution in [2.45, 2.75) is 6.42 Å². The third kappa shape index (κ3) is 2.65. The number of hydrogen-bond donors (Lipinski definition) is 1. The first-order valence-electron chi connectivity index (χ1n) is 5.24. The highest BCUT2D eigenvalue weighted by atomic mass is 35.5. The molecule has 0 spiro atoms. The predicted molar refractivity (Wildman–Crippen MR) is 68.1 cm³/mol. The number of nitrogen functional groups attached to an aromatic ring is 1. The third-order valence-electron chi connectivity index (χ3n) is 2.52. The molecule has 0 radical (unpaired) electrons. The zero-order valence-corrected chi connectivity index (χ0v) is 10.1. The summed E-state index contributed by atoms with van der Waals surface area (Å²) < 4.78 is 13.1. The molecule has 0 aliphatic carbocycles.